The van der Waals surface area contributed by atoms with E-state index in [9.17, 15) is 0 Å². The average molecular weight is 284 g/mol. The van der Waals surface area contributed by atoms with Gasteiger partial charge in [0.05, 0.1) is 12.8 Å². The fourth-order valence-corrected chi connectivity index (χ4v) is 1.76. The lowest BCUT2D eigenvalue weighted by Gasteiger charge is -2.12. The molecule has 2 aromatic rings. The van der Waals surface area contributed by atoms with Gasteiger partial charge in [-0.25, -0.2) is 9.97 Å². The number of aromatic nitrogens is 2. The molecule has 0 unspecified atom stereocenters. The first-order chi connectivity index (χ1) is 8.60. The Morgan fingerprint density at radius 2 is 2.06 bits per heavy atom. The minimum Gasteiger partial charge on any atom is -0.495 e. The zero-order valence-corrected chi connectivity index (χ0v) is 11.4. The van der Waals surface area contributed by atoms with E-state index in [1.807, 2.05) is 6.92 Å². The molecule has 0 bridgehead atoms. The number of ether oxygens (including phenoxy) is 1. The van der Waals surface area contributed by atoms with Gasteiger partial charge in [-0.05, 0) is 36.7 Å². The van der Waals surface area contributed by atoms with Gasteiger partial charge in [-0.3, -0.25) is 0 Å². The number of hydrogen-bond acceptors (Lipinski definition) is 4. The van der Waals surface area contributed by atoms with E-state index in [-0.39, 0.29) is 5.28 Å². The molecular formula is C12H11Cl2N3O. The van der Waals surface area contributed by atoms with Crippen molar-refractivity contribution in [2.24, 2.45) is 0 Å². The summed E-state index contributed by atoms with van der Waals surface area (Å²) in [6.07, 6.45) is 1.65. The monoisotopic (exact) mass is 283 g/mol. The lowest BCUT2D eigenvalue weighted by atomic mass is 10.2. The maximum absolute atomic E-state index is 5.96. The number of anilines is 2. The molecule has 18 heavy (non-hydrogen) atoms. The van der Waals surface area contributed by atoms with Crippen LogP contribution in [0.15, 0.2) is 24.4 Å². The molecular weight excluding hydrogens is 273 g/mol. The van der Waals surface area contributed by atoms with Gasteiger partial charge in [-0.2, -0.15) is 0 Å². The van der Waals surface area contributed by atoms with Crippen LogP contribution in [0.4, 0.5) is 11.5 Å². The lowest BCUT2D eigenvalue weighted by molar-refractivity contribution is 0.417. The quantitative estimate of drug-likeness (QED) is 0.870. The second kappa shape index (κ2) is 5.42. The molecule has 0 aliphatic carbocycles. The number of halogens is 2. The highest BCUT2D eigenvalue weighted by molar-refractivity contribution is 6.31. The van der Waals surface area contributed by atoms with Gasteiger partial charge >= 0.3 is 0 Å². The van der Waals surface area contributed by atoms with Crippen LogP contribution in [0.25, 0.3) is 0 Å². The highest BCUT2D eigenvalue weighted by atomic mass is 35.5. The van der Waals surface area contributed by atoms with Crippen LogP contribution in [0.3, 0.4) is 0 Å². The number of nitrogens with one attached hydrogen (secondary N) is 1. The van der Waals surface area contributed by atoms with E-state index in [0.717, 1.165) is 11.3 Å². The van der Waals surface area contributed by atoms with Crippen LogP contribution in [0.2, 0.25) is 10.3 Å². The maximum Gasteiger partial charge on any atom is 0.224 e. The number of methoxy groups -OCH3 is 1. The molecule has 1 aromatic heterocycles. The predicted octanol–water partition coefficient (Wildman–Crippen LogP) is 3.84. The first kappa shape index (κ1) is 12.9. The molecule has 94 valence electrons. The first-order valence-electron chi connectivity index (χ1n) is 5.20. The summed E-state index contributed by atoms with van der Waals surface area (Å²) in [5, 5.41) is 3.92. The van der Waals surface area contributed by atoms with Gasteiger partial charge in [0.2, 0.25) is 5.28 Å². The Kier molecular flexibility index (Phi) is 3.89. The van der Waals surface area contributed by atoms with Gasteiger partial charge in [0.25, 0.3) is 0 Å². The summed E-state index contributed by atoms with van der Waals surface area (Å²) in [6.45, 7) is 1.88. The van der Waals surface area contributed by atoms with Crippen molar-refractivity contribution in [3.63, 3.8) is 0 Å². The summed E-state index contributed by atoms with van der Waals surface area (Å²) in [5.74, 6) is 1.30. The Balaban J connectivity index is 2.38. The van der Waals surface area contributed by atoms with Crippen molar-refractivity contribution in [1.29, 1.82) is 0 Å². The number of nitrogens with zero attached hydrogens (tertiary/aromatic N) is 2. The van der Waals surface area contributed by atoms with Crippen LogP contribution in [0.1, 0.15) is 5.56 Å². The summed E-state index contributed by atoms with van der Waals surface area (Å²) in [7, 11) is 1.59. The molecule has 1 heterocycles. The Labute approximate surface area is 115 Å². The fourth-order valence-electron chi connectivity index (χ4n) is 1.45. The smallest absolute Gasteiger partial charge is 0.224 e. The van der Waals surface area contributed by atoms with Crippen molar-refractivity contribution < 1.29 is 4.74 Å². The van der Waals surface area contributed by atoms with Crippen LogP contribution in [-0.2, 0) is 0 Å². The summed E-state index contributed by atoms with van der Waals surface area (Å²) in [5.41, 5.74) is 1.60. The molecule has 0 amide bonds. The molecule has 0 atom stereocenters. The lowest BCUT2D eigenvalue weighted by Crippen LogP contribution is -2.00. The topological polar surface area (TPSA) is 47.0 Å². The van der Waals surface area contributed by atoms with Gasteiger partial charge in [0.15, 0.2) is 0 Å². The zero-order valence-electron chi connectivity index (χ0n) is 9.87. The molecule has 0 aliphatic rings. The van der Waals surface area contributed by atoms with Gasteiger partial charge in [-0.1, -0.05) is 11.6 Å². The standard InChI is InChI=1S/C12H11Cl2N3O/c1-7-6-15-12(14)17-11(7)16-9-5-8(13)3-4-10(9)18-2/h3-6H,1-2H3,(H,15,16,17). The van der Waals surface area contributed by atoms with Gasteiger partial charge in [0.1, 0.15) is 11.6 Å². The van der Waals surface area contributed by atoms with E-state index in [0.29, 0.717) is 16.6 Å². The molecule has 6 heteroatoms. The minimum absolute atomic E-state index is 0.184. The van der Waals surface area contributed by atoms with Crippen LogP contribution in [-0.4, -0.2) is 17.1 Å². The highest BCUT2D eigenvalue weighted by Crippen LogP contribution is 2.30. The van der Waals surface area contributed by atoms with E-state index in [4.69, 9.17) is 27.9 Å². The first-order valence-corrected chi connectivity index (χ1v) is 5.95. The molecule has 0 aliphatic heterocycles. The molecule has 0 radical (unpaired) electrons. The molecule has 0 fully saturated rings. The van der Waals surface area contributed by atoms with Crippen molar-refractivity contribution in [3.8, 4) is 5.75 Å². The average Bonchev–Trinajstić information content (AvgIpc) is 2.34. The number of rotatable bonds is 3. The van der Waals surface area contributed by atoms with E-state index in [1.54, 1.807) is 31.5 Å². The Hall–Kier alpha value is -1.52. The number of aryl methyl sites for hydroxylation is 1. The van der Waals surface area contributed by atoms with Gasteiger partial charge in [-0.15, -0.1) is 0 Å². The van der Waals surface area contributed by atoms with Crippen molar-refractivity contribution in [2.45, 2.75) is 6.92 Å². The van der Waals surface area contributed by atoms with Gasteiger partial charge < -0.3 is 10.1 Å². The molecule has 1 aromatic carbocycles. The molecule has 0 saturated heterocycles. The number of hydrogen-bond donors (Lipinski definition) is 1. The third kappa shape index (κ3) is 2.83. The normalized spacial score (nSPS) is 10.2. The molecule has 2 rings (SSSR count). The summed E-state index contributed by atoms with van der Waals surface area (Å²) < 4.78 is 5.25. The molecule has 0 spiro atoms. The van der Waals surface area contributed by atoms with Crippen molar-refractivity contribution in [1.82, 2.24) is 9.97 Å². The molecule has 1 N–H and O–H groups in total. The third-order valence-corrected chi connectivity index (χ3v) is 2.77. The molecule has 0 saturated carbocycles. The predicted molar refractivity (Wildman–Crippen MR) is 73.1 cm³/mol. The Morgan fingerprint density at radius 1 is 1.28 bits per heavy atom. The SMILES string of the molecule is COc1ccc(Cl)cc1Nc1nc(Cl)ncc1C. The van der Waals surface area contributed by atoms with E-state index >= 15 is 0 Å². The van der Waals surface area contributed by atoms with E-state index in [2.05, 4.69) is 15.3 Å². The minimum atomic E-state index is 0.184. The Bertz CT molecular complexity index is 575. The summed E-state index contributed by atoms with van der Waals surface area (Å²) in [4.78, 5) is 8.02. The van der Waals surface area contributed by atoms with Crippen molar-refractivity contribution >= 4 is 34.7 Å². The van der Waals surface area contributed by atoms with Crippen molar-refractivity contribution in [2.75, 3.05) is 12.4 Å². The largest absolute Gasteiger partial charge is 0.495 e. The second-order valence-corrected chi connectivity index (χ2v) is 4.41. The number of benzene rings is 1. The fraction of sp³-hybridized carbons (Fsp3) is 0.167. The summed E-state index contributed by atoms with van der Waals surface area (Å²) in [6, 6.07) is 5.30. The van der Waals surface area contributed by atoms with E-state index < -0.39 is 0 Å². The highest BCUT2D eigenvalue weighted by Gasteiger charge is 2.08. The summed E-state index contributed by atoms with van der Waals surface area (Å²) >= 11 is 11.7. The van der Waals surface area contributed by atoms with Crippen LogP contribution in [0.5, 0.6) is 5.75 Å². The zero-order chi connectivity index (χ0) is 13.1. The van der Waals surface area contributed by atoms with Crippen molar-refractivity contribution in [3.05, 3.63) is 40.3 Å². The van der Waals surface area contributed by atoms with E-state index in [1.165, 1.54) is 0 Å². The Morgan fingerprint density at radius 3 is 2.78 bits per heavy atom. The van der Waals surface area contributed by atoms with Gasteiger partial charge in [0, 0.05) is 16.8 Å². The second-order valence-electron chi connectivity index (χ2n) is 3.64. The maximum atomic E-state index is 5.96. The van der Waals surface area contributed by atoms with Crippen LogP contribution >= 0.6 is 23.2 Å². The van der Waals surface area contributed by atoms with Crippen LogP contribution in [0, 0.1) is 6.92 Å². The van der Waals surface area contributed by atoms with Crippen LogP contribution < -0.4 is 10.1 Å². The third-order valence-electron chi connectivity index (χ3n) is 2.36. The molecule has 4 nitrogen and oxygen atoms in total.